The molecule has 162 valence electrons. The molecule has 1 N–H and O–H groups in total. The molecule has 2 atom stereocenters. The first kappa shape index (κ1) is 20.9. The second kappa shape index (κ2) is 9.27. The van der Waals surface area contributed by atoms with Crippen molar-refractivity contribution in [2.24, 2.45) is 5.92 Å². The number of hydrogen-bond acceptors (Lipinski definition) is 3. The summed E-state index contributed by atoms with van der Waals surface area (Å²) in [6.45, 7) is 1.66. The summed E-state index contributed by atoms with van der Waals surface area (Å²) in [5.41, 5.74) is 4.06. The normalized spacial score (nSPS) is 19.3. The van der Waals surface area contributed by atoms with Gasteiger partial charge in [-0.2, -0.15) is 0 Å². The molecule has 4 nitrogen and oxygen atoms in total. The van der Waals surface area contributed by atoms with Crippen molar-refractivity contribution >= 4 is 22.4 Å². The van der Waals surface area contributed by atoms with Gasteiger partial charge in [0.1, 0.15) is 0 Å². The maximum atomic E-state index is 12.6. The number of nitrogens with zero attached hydrogens (tertiary/aromatic N) is 1. The average Bonchev–Trinajstić information content (AvgIpc) is 3.60. The Balaban J connectivity index is 1.47. The molecule has 0 amide bonds. The Morgan fingerprint density at radius 3 is 2.55 bits per heavy atom. The number of ether oxygens (including phenoxy) is 1. The van der Waals surface area contributed by atoms with Gasteiger partial charge in [-0.25, -0.2) is 0 Å². The fourth-order valence-corrected chi connectivity index (χ4v) is 6.05. The summed E-state index contributed by atoms with van der Waals surface area (Å²) in [4.78, 5) is 8.96. The van der Waals surface area contributed by atoms with E-state index in [-0.39, 0.29) is 5.92 Å². The second-order valence-electron chi connectivity index (χ2n) is 8.57. The van der Waals surface area contributed by atoms with Crippen molar-refractivity contribution in [3.05, 3.63) is 71.0 Å². The quantitative estimate of drug-likeness (QED) is 0.480. The predicted octanol–water partition coefficient (Wildman–Crippen LogP) is 5.95. The minimum Gasteiger partial charge on any atom is -0.381 e. The summed E-state index contributed by atoms with van der Waals surface area (Å²) in [6.07, 6.45) is 7.11. The highest BCUT2D eigenvalue weighted by atomic mass is 35.5. The van der Waals surface area contributed by atoms with Crippen molar-refractivity contribution in [3.8, 4) is 11.4 Å². The van der Waals surface area contributed by atoms with Crippen molar-refractivity contribution in [1.82, 2.24) is 9.97 Å². The lowest BCUT2D eigenvalue weighted by Gasteiger charge is -2.27. The average molecular weight is 455 g/mol. The minimum atomic E-state index is -0.880. The lowest BCUT2D eigenvalue weighted by molar-refractivity contribution is 0.0626. The summed E-state index contributed by atoms with van der Waals surface area (Å²) in [7, 11) is -0.880. The van der Waals surface area contributed by atoms with Crippen molar-refractivity contribution in [3.63, 3.8) is 0 Å². The maximum Gasteiger partial charge on any atom is 0.0864 e. The number of benzene rings is 1. The van der Waals surface area contributed by atoms with Crippen LogP contribution in [0.5, 0.6) is 0 Å². The fraction of sp³-hybridized carbons (Fsp3) is 0.400. The molecule has 1 saturated heterocycles. The number of nitrogens with one attached hydrogen (secondary N) is 1. The van der Waals surface area contributed by atoms with Crippen LogP contribution in [-0.4, -0.2) is 32.6 Å². The monoisotopic (exact) mass is 454 g/mol. The Morgan fingerprint density at radius 2 is 1.87 bits per heavy atom. The van der Waals surface area contributed by atoms with Crippen LogP contribution in [0.3, 0.4) is 0 Å². The first-order valence-corrected chi connectivity index (χ1v) is 12.7. The molecule has 6 heteroatoms. The molecule has 1 aliphatic heterocycles. The van der Waals surface area contributed by atoms with E-state index < -0.39 is 10.8 Å². The molecule has 5 rings (SSSR count). The van der Waals surface area contributed by atoms with E-state index in [1.807, 2.05) is 36.4 Å². The molecule has 31 heavy (non-hydrogen) atoms. The van der Waals surface area contributed by atoms with E-state index in [0.29, 0.717) is 11.2 Å². The van der Waals surface area contributed by atoms with Crippen LogP contribution in [0.1, 0.15) is 49.3 Å². The third-order valence-corrected chi connectivity index (χ3v) is 8.47. The van der Waals surface area contributed by atoms with Gasteiger partial charge in [0.2, 0.25) is 0 Å². The molecular formula is C25H27ClN2O2S. The van der Waals surface area contributed by atoms with Gasteiger partial charge < -0.3 is 9.72 Å². The van der Waals surface area contributed by atoms with Gasteiger partial charge in [0.05, 0.1) is 27.2 Å². The number of hydrogen-bond donors (Lipinski definition) is 1. The van der Waals surface area contributed by atoms with Crippen molar-refractivity contribution < 1.29 is 8.95 Å². The first-order valence-electron chi connectivity index (χ1n) is 11.1. The van der Waals surface area contributed by atoms with Gasteiger partial charge in [-0.15, -0.1) is 0 Å². The Kier molecular flexibility index (Phi) is 6.26. The zero-order chi connectivity index (χ0) is 21.2. The van der Waals surface area contributed by atoms with Crippen LogP contribution in [0.15, 0.2) is 59.6 Å². The van der Waals surface area contributed by atoms with Crippen molar-refractivity contribution in [2.45, 2.75) is 48.2 Å². The number of halogens is 1. The van der Waals surface area contributed by atoms with Gasteiger partial charge in [-0.1, -0.05) is 29.8 Å². The van der Waals surface area contributed by atoms with Crippen molar-refractivity contribution in [2.75, 3.05) is 13.2 Å². The van der Waals surface area contributed by atoms with E-state index in [9.17, 15) is 4.21 Å². The Bertz CT molecular complexity index is 1040. The van der Waals surface area contributed by atoms with Crippen molar-refractivity contribution in [1.29, 1.82) is 0 Å². The molecule has 0 bridgehead atoms. The van der Waals surface area contributed by atoms with Crippen LogP contribution < -0.4 is 0 Å². The predicted molar refractivity (Wildman–Crippen MR) is 125 cm³/mol. The zero-order valence-corrected chi connectivity index (χ0v) is 19.0. The number of pyridine rings is 1. The standard InChI is InChI=1S/C25H27ClN2O2S/c26-22-16-24(23-3-1-2-12-27-23)28-25(22)21(15-17-10-13-30-14-11-17)18-4-6-19(7-5-18)31(29)20-8-9-20/h1-7,12,16-17,20-21,28H,8-11,13-15H2. The van der Waals surface area contributed by atoms with Crippen LogP contribution in [-0.2, 0) is 15.5 Å². The summed E-state index contributed by atoms with van der Waals surface area (Å²) >= 11 is 6.76. The van der Waals surface area contributed by atoms with Crippen LogP contribution in [0.4, 0.5) is 0 Å². The molecule has 1 saturated carbocycles. The third kappa shape index (κ3) is 4.79. The van der Waals surface area contributed by atoms with E-state index >= 15 is 0 Å². The topological polar surface area (TPSA) is 55.0 Å². The Hall–Kier alpha value is -1.95. The van der Waals surface area contributed by atoms with E-state index in [4.69, 9.17) is 16.3 Å². The van der Waals surface area contributed by atoms with Crippen LogP contribution in [0.25, 0.3) is 11.4 Å². The smallest absolute Gasteiger partial charge is 0.0864 e. The second-order valence-corrected chi connectivity index (χ2v) is 10.7. The lowest BCUT2D eigenvalue weighted by Crippen LogP contribution is -2.19. The number of aromatic nitrogens is 2. The first-order chi connectivity index (χ1) is 15.2. The molecule has 2 fully saturated rings. The van der Waals surface area contributed by atoms with Gasteiger partial charge in [0.25, 0.3) is 0 Å². The third-order valence-electron chi connectivity index (χ3n) is 6.34. The minimum absolute atomic E-state index is 0.150. The van der Waals surface area contributed by atoms with Gasteiger partial charge in [0, 0.05) is 41.2 Å². The number of aromatic amines is 1. The number of H-pyrrole nitrogens is 1. The molecular weight excluding hydrogens is 428 g/mol. The van der Waals surface area contributed by atoms with Crippen LogP contribution >= 0.6 is 11.6 Å². The lowest BCUT2D eigenvalue weighted by atomic mass is 9.83. The largest absolute Gasteiger partial charge is 0.381 e. The molecule has 1 aromatic carbocycles. The molecule has 1 aliphatic carbocycles. The van der Waals surface area contributed by atoms with E-state index in [1.165, 1.54) is 5.56 Å². The highest BCUT2D eigenvalue weighted by Gasteiger charge is 2.30. The van der Waals surface area contributed by atoms with Gasteiger partial charge >= 0.3 is 0 Å². The highest BCUT2D eigenvalue weighted by molar-refractivity contribution is 7.86. The van der Waals surface area contributed by atoms with Gasteiger partial charge in [0.15, 0.2) is 0 Å². The molecule has 2 aliphatic rings. The van der Waals surface area contributed by atoms with E-state index in [2.05, 4.69) is 22.1 Å². The Labute approximate surface area is 190 Å². The van der Waals surface area contributed by atoms with E-state index in [1.54, 1.807) is 6.20 Å². The molecule has 0 spiro atoms. The SMILES string of the molecule is O=S(c1ccc(C(CC2CCOCC2)c2[nH]c(-c3ccccn3)cc2Cl)cc1)C1CC1. The van der Waals surface area contributed by atoms with Gasteiger partial charge in [-0.05, 0) is 73.9 Å². The van der Waals surface area contributed by atoms with Crippen LogP contribution in [0.2, 0.25) is 5.02 Å². The molecule has 2 unspecified atom stereocenters. The summed E-state index contributed by atoms with van der Waals surface area (Å²) in [5, 5.41) is 1.09. The summed E-state index contributed by atoms with van der Waals surface area (Å²) in [5.74, 6) is 0.744. The number of rotatable bonds is 7. The zero-order valence-electron chi connectivity index (χ0n) is 17.4. The van der Waals surface area contributed by atoms with Gasteiger partial charge in [-0.3, -0.25) is 9.19 Å². The molecule has 3 aromatic rings. The summed E-state index contributed by atoms with van der Waals surface area (Å²) < 4.78 is 18.1. The highest BCUT2D eigenvalue weighted by Crippen LogP contribution is 2.39. The van der Waals surface area contributed by atoms with E-state index in [0.717, 1.165) is 72.3 Å². The molecule has 2 aromatic heterocycles. The summed E-state index contributed by atoms with van der Waals surface area (Å²) in [6, 6.07) is 16.2. The fourth-order valence-electron chi connectivity index (χ4n) is 4.40. The maximum absolute atomic E-state index is 12.6. The molecule has 3 heterocycles. The Morgan fingerprint density at radius 1 is 1.10 bits per heavy atom. The van der Waals surface area contributed by atoms with Crippen LogP contribution in [0, 0.1) is 5.92 Å². The molecule has 0 radical (unpaired) electrons.